The Morgan fingerprint density at radius 2 is 1.86 bits per heavy atom. The van der Waals surface area contributed by atoms with Gasteiger partial charge in [0.2, 0.25) is 0 Å². The summed E-state index contributed by atoms with van der Waals surface area (Å²) < 4.78 is 0. The molecule has 0 saturated heterocycles. The molecular weight excluding hydrogens is 170 g/mol. The first-order valence-corrected chi connectivity index (χ1v) is 6.30. The van der Waals surface area contributed by atoms with Crippen LogP contribution < -0.4 is 0 Å². The number of hydrogen-bond acceptors (Lipinski definition) is 1. The Morgan fingerprint density at radius 3 is 2.50 bits per heavy atom. The summed E-state index contributed by atoms with van der Waals surface area (Å²) in [6, 6.07) is 0.855. The molecule has 80 valence electrons. The van der Waals surface area contributed by atoms with Gasteiger partial charge in [-0.15, -0.1) is 0 Å². The third-order valence-electron chi connectivity index (χ3n) is 3.84. The van der Waals surface area contributed by atoms with E-state index in [2.05, 4.69) is 18.0 Å². The van der Waals surface area contributed by atoms with Crippen LogP contribution in [0.1, 0.15) is 57.8 Å². The van der Waals surface area contributed by atoms with Crippen molar-refractivity contribution in [1.29, 1.82) is 0 Å². The lowest BCUT2D eigenvalue weighted by Gasteiger charge is -2.35. The van der Waals surface area contributed by atoms with Gasteiger partial charge in [-0.2, -0.15) is 0 Å². The highest BCUT2D eigenvalue weighted by Crippen LogP contribution is 2.28. The molecule has 1 fully saturated rings. The summed E-state index contributed by atoms with van der Waals surface area (Å²) >= 11 is 0. The van der Waals surface area contributed by atoms with Crippen molar-refractivity contribution in [1.82, 2.24) is 4.90 Å². The predicted molar refractivity (Wildman–Crippen MR) is 61.2 cm³/mol. The molecule has 0 radical (unpaired) electrons. The third-order valence-corrected chi connectivity index (χ3v) is 3.84. The summed E-state index contributed by atoms with van der Waals surface area (Å²) in [5.74, 6) is 0. The summed E-state index contributed by atoms with van der Waals surface area (Å²) in [6.07, 6.45) is 15.1. The molecular formula is C13H23N. The molecule has 0 aromatic heterocycles. The van der Waals surface area contributed by atoms with Gasteiger partial charge in [-0.25, -0.2) is 0 Å². The SMILES string of the molecule is CN(C1=CCCCC1)C1CCCCC1. The molecule has 2 aliphatic rings. The van der Waals surface area contributed by atoms with E-state index in [9.17, 15) is 0 Å². The second-order valence-corrected chi connectivity index (χ2v) is 4.84. The van der Waals surface area contributed by atoms with Crippen LogP contribution in [0.25, 0.3) is 0 Å². The van der Waals surface area contributed by atoms with Gasteiger partial charge >= 0.3 is 0 Å². The van der Waals surface area contributed by atoms with E-state index in [1.54, 1.807) is 5.70 Å². The molecule has 2 rings (SSSR count). The molecule has 2 aliphatic carbocycles. The van der Waals surface area contributed by atoms with Crippen LogP contribution in [-0.4, -0.2) is 18.0 Å². The van der Waals surface area contributed by atoms with Crippen LogP contribution in [0.5, 0.6) is 0 Å². The smallest absolute Gasteiger partial charge is 0.0283 e. The van der Waals surface area contributed by atoms with Crippen LogP contribution in [-0.2, 0) is 0 Å². The molecule has 0 bridgehead atoms. The van der Waals surface area contributed by atoms with Crippen LogP contribution >= 0.6 is 0 Å². The van der Waals surface area contributed by atoms with Crippen molar-refractivity contribution in [3.05, 3.63) is 11.8 Å². The molecule has 0 heterocycles. The molecule has 0 spiro atoms. The minimum atomic E-state index is 0.855. The maximum absolute atomic E-state index is 2.58. The summed E-state index contributed by atoms with van der Waals surface area (Å²) in [4.78, 5) is 2.58. The Kier molecular flexibility index (Phi) is 3.49. The van der Waals surface area contributed by atoms with Gasteiger partial charge in [-0.05, 0) is 38.5 Å². The van der Waals surface area contributed by atoms with E-state index in [1.165, 1.54) is 57.8 Å². The van der Waals surface area contributed by atoms with Crippen molar-refractivity contribution in [2.75, 3.05) is 7.05 Å². The van der Waals surface area contributed by atoms with Gasteiger partial charge in [0.05, 0.1) is 0 Å². The lowest BCUT2D eigenvalue weighted by molar-refractivity contribution is 0.226. The van der Waals surface area contributed by atoms with E-state index >= 15 is 0 Å². The van der Waals surface area contributed by atoms with Crippen molar-refractivity contribution in [2.24, 2.45) is 0 Å². The summed E-state index contributed by atoms with van der Waals surface area (Å²) in [7, 11) is 2.31. The zero-order valence-corrected chi connectivity index (χ0v) is 9.47. The fourth-order valence-corrected chi connectivity index (χ4v) is 2.84. The van der Waals surface area contributed by atoms with Crippen molar-refractivity contribution in [3.63, 3.8) is 0 Å². The average Bonchev–Trinajstić information content (AvgIpc) is 2.30. The van der Waals surface area contributed by atoms with E-state index in [4.69, 9.17) is 0 Å². The van der Waals surface area contributed by atoms with Crippen LogP contribution in [0.15, 0.2) is 11.8 Å². The maximum Gasteiger partial charge on any atom is 0.0283 e. The average molecular weight is 193 g/mol. The number of allylic oxidation sites excluding steroid dienone is 2. The van der Waals surface area contributed by atoms with Gasteiger partial charge in [-0.1, -0.05) is 25.3 Å². The first-order valence-electron chi connectivity index (χ1n) is 6.30. The molecule has 0 aliphatic heterocycles. The van der Waals surface area contributed by atoms with Gasteiger partial charge in [0.15, 0.2) is 0 Å². The highest BCUT2D eigenvalue weighted by atomic mass is 15.1. The van der Waals surface area contributed by atoms with Gasteiger partial charge in [-0.3, -0.25) is 0 Å². The second-order valence-electron chi connectivity index (χ2n) is 4.84. The minimum absolute atomic E-state index is 0.855. The first kappa shape index (κ1) is 10.1. The summed E-state index contributed by atoms with van der Waals surface area (Å²) in [5, 5.41) is 0. The quantitative estimate of drug-likeness (QED) is 0.646. The Morgan fingerprint density at radius 1 is 1.07 bits per heavy atom. The van der Waals surface area contributed by atoms with Crippen molar-refractivity contribution < 1.29 is 0 Å². The molecule has 0 aromatic carbocycles. The fraction of sp³-hybridized carbons (Fsp3) is 0.846. The van der Waals surface area contributed by atoms with E-state index < -0.39 is 0 Å². The van der Waals surface area contributed by atoms with E-state index in [0.29, 0.717) is 0 Å². The zero-order chi connectivity index (χ0) is 9.80. The van der Waals surface area contributed by atoms with Crippen molar-refractivity contribution >= 4 is 0 Å². The zero-order valence-electron chi connectivity index (χ0n) is 9.47. The number of rotatable bonds is 2. The van der Waals surface area contributed by atoms with Gasteiger partial charge < -0.3 is 4.90 Å². The molecule has 0 N–H and O–H groups in total. The lowest BCUT2D eigenvalue weighted by Crippen LogP contribution is -2.33. The van der Waals surface area contributed by atoms with Crippen LogP contribution in [0, 0.1) is 0 Å². The Hall–Kier alpha value is -0.460. The molecule has 1 saturated carbocycles. The second kappa shape index (κ2) is 4.86. The largest absolute Gasteiger partial charge is 0.375 e. The van der Waals surface area contributed by atoms with Gasteiger partial charge in [0, 0.05) is 18.8 Å². The minimum Gasteiger partial charge on any atom is -0.375 e. The van der Waals surface area contributed by atoms with Crippen LogP contribution in [0.4, 0.5) is 0 Å². The van der Waals surface area contributed by atoms with E-state index in [0.717, 1.165) is 6.04 Å². The number of nitrogens with zero attached hydrogens (tertiary/aromatic N) is 1. The molecule has 14 heavy (non-hydrogen) atoms. The van der Waals surface area contributed by atoms with Gasteiger partial charge in [0.1, 0.15) is 0 Å². The summed E-state index contributed by atoms with van der Waals surface area (Å²) in [6.45, 7) is 0. The molecule has 0 amide bonds. The Balaban J connectivity index is 1.91. The maximum atomic E-state index is 2.58. The van der Waals surface area contributed by atoms with Crippen LogP contribution in [0.2, 0.25) is 0 Å². The highest BCUT2D eigenvalue weighted by Gasteiger charge is 2.20. The normalized spacial score (nSPS) is 24.5. The first-order chi connectivity index (χ1) is 6.88. The number of hydrogen-bond donors (Lipinski definition) is 0. The topological polar surface area (TPSA) is 3.24 Å². The van der Waals surface area contributed by atoms with Crippen molar-refractivity contribution in [2.45, 2.75) is 63.8 Å². The Labute approximate surface area is 88.2 Å². The van der Waals surface area contributed by atoms with Gasteiger partial charge in [0.25, 0.3) is 0 Å². The lowest BCUT2D eigenvalue weighted by atomic mass is 9.93. The monoisotopic (exact) mass is 193 g/mol. The molecule has 1 heteroatoms. The van der Waals surface area contributed by atoms with E-state index in [1.807, 2.05) is 0 Å². The summed E-state index contributed by atoms with van der Waals surface area (Å²) in [5.41, 5.74) is 1.63. The fourth-order valence-electron chi connectivity index (χ4n) is 2.84. The predicted octanol–water partition coefficient (Wildman–Crippen LogP) is 3.71. The Bertz CT molecular complexity index is 201. The molecule has 0 unspecified atom stereocenters. The van der Waals surface area contributed by atoms with Crippen LogP contribution in [0.3, 0.4) is 0 Å². The molecule has 0 atom stereocenters. The molecule has 0 aromatic rings. The molecule has 1 nitrogen and oxygen atoms in total. The third kappa shape index (κ3) is 2.31. The highest BCUT2D eigenvalue weighted by molar-refractivity contribution is 5.05. The van der Waals surface area contributed by atoms with Crippen molar-refractivity contribution in [3.8, 4) is 0 Å². The van der Waals surface area contributed by atoms with E-state index in [-0.39, 0.29) is 0 Å². The standard InChI is InChI=1S/C13H23N/c1-14(12-8-4-2-5-9-12)13-10-6-3-7-11-13/h8,13H,2-7,9-11H2,1H3.